The van der Waals surface area contributed by atoms with E-state index in [2.05, 4.69) is 118 Å². The topological polar surface area (TPSA) is 78.9 Å². The molecule has 6 heteroatoms. The van der Waals surface area contributed by atoms with E-state index >= 15 is 0 Å². The van der Waals surface area contributed by atoms with Crippen LogP contribution in [0.1, 0.15) is 252 Å². The summed E-state index contributed by atoms with van der Waals surface area (Å²) in [7, 11) is 0. The Morgan fingerprint density at radius 3 is 0.970 bits per heavy atom. The van der Waals surface area contributed by atoms with Gasteiger partial charge in [0.05, 0.1) is 0 Å². The van der Waals surface area contributed by atoms with Gasteiger partial charge in [-0.2, -0.15) is 0 Å². The van der Waals surface area contributed by atoms with Gasteiger partial charge in [0, 0.05) is 19.3 Å². The minimum absolute atomic E-state index is 0.110. The van der Waals surface area contributed by atoms with Gasteiger partial charge in [0.1, 0.15) is 13.2 Å². The SMILES string of the molecule is CC/C=C\C/C=C\C/C=C\C/C=C\CCCCCCC(=O)OC[C@H](COC(=O)CCCCCCC/C=C\CCCCCCCC)OC(=O)CCC/C=C\C/C=C\C/C=C\CCCCCCCC. The molecule has 0 fully saturated rings. The fourth-order valence-corrected chi connectivity index (χ4v) is 7.38. The highest BCUT2D eigenvalue weighted by molar-refractivity contribution is 5.71. The number of carbonyl (C=O) groups excluding carboxylic acids is 3. The Balaban J connectivity index is 4.53. The highest BCUT2D eigenvalue weighted by Crippen LogP contribution is 2.13. The second kappa shape index (κ2) is 54.9. The third-order valence-electron chi connectivity index (χ3n) is 11.5. The van der Waals surface area contributed by atoms with Crippen molar-refractivity contribution in [3.63, 3.8) is 0 Å². The number of unbranched alkanes of at least 4 members (excludes halogenated alkanes) is 22. The van der Waals surface area contributed by atoms with Crippen molar-refractivity contribution in [2.45, 2.75) is 258 Å². The van der Waals surface area contributed by atoms with Gasteiger partial charge in [0.2, 0.25) is 0 Å². The standard InChI is InChI=1S/C61H102O6/c1-4-7-10-13-16-19-22-25-28-30-33-36-39-42-45-48-51-54-60(63)66-57-58(56-65-59(62)53-50-47-44-41-38-35-32-27-24-21-18-15-12-9-6-3)67-61(64)55-52-49-46-43-40-37-34-31-29-26-23-20-17-14-11-8-5-2/h7,10,16,19,25-29,32-34,36-37,43,46,58H,4-6,8-9,11-15,17-18,20-24,30-31,35,38-42,44-45,47-57H2,1-3H3/b10-7-,19-16-,28-25-,29-26-,32-27-,36-33-,37-34-,46-43-/t58-/m0/s1. The van der Waals surface area contributed by atoms with Gasteiger partial charge in [-0.1, -0.05) is 214 Å². The summed E-state index contributed by atoms with van der Waals surface area (Å²) in [5.74, 6) is -0.995. The van der Waals surface area contributed by atoms with E-state index in [-0.39, 0.29) is 37.5 Å². The first-order chi connectivity index (χ1) is 33.0. The van der Waals surface area contributed by atoms with Crippen LogP contribution in [0.25, 0.3) is 0 Å². The van der Waals surface area contributed by atoms with Crippen LogP contribution < -0.4 is 0 Å². The lowest BCUT2D eigenvalue weighted by Crippen LogP contribution is -2.30. The summed E-state index contributed by atoms with van der Waals surface area (Å²) in [6, 6.07) is 0. The number of carbonyl (C=O) groups is 3. The zero-order valence-electron chi connectivity index (χ0n) is 43.6. The summed E-state index contributed by atoms with van der Waals surface area (Å²) < 4.78 is 16.8. The summed E-state index contributed by atoms with van der Waals surface area (Å²) in [6.45, 7) is 6.44. The summed E-state index contributed by atoms with van der Waals surface area (Å²) >= 11 is 0. The third-order valence-corrected chi connectivity index (χ3v) is 11.5. The molecule has 0 rings (SSSR count). The second-order valence-corrected chi connectivity index (χ2v) is 18.1. The van der Waals surface area contributed by atoms with E-state index in [0.717, 1.165) is 109 Å². The van der Waals surface area contributed by atoms with Crippen molar-refractivity contribution >= 4 is 17.9 Å². The van der Waals surface area contributed by atoms with E-state index in [4.69, 9.17) is 14.2 Å². The molecular formula is C61H102O6. The molecule has 0 saturated carbocycles. The number of rotatable bonds is 49. The average Bonchev–Trinajstić information content (AvgIpc) is 3.33. The Morgan fingerprint density at radius 2 is 0.597 bits per heavy atom. The zero-order chi connectivity index (χ0) is 48.6. The summed E-state index contributed by atoms with van der Waals surface area (Å²) in [4.78, 5) is 38.1. The van der Waals surface area contributed by atoms with Gasteiger partial charge in [-0.3, -0.25) is 14.4 Å². The Labute approximate surface area is 413 Å². The largest absolute Gasteiger partial charge is 0.462 e. The average molecular weight is 931 g/mol. The van der Waals surface area contributed by atoms with Crippen LogP contribution in [0.5, 0.6) is 0 Å². The molecule has 0 heterocycles. The van der Waals surface area contributed by atoms with E-state index < -0.39 is 6.10 Å². The van der Waals surface area contributed by atoms with Crippen LogP contribution in [0.15, 0.2) is 97.2 Å². The van der Waals surface area contributed by atoms with Gasteiger partial charge in [0.15, 0.2) is 6.10 Å². The Kier molecular flexibility index (Phi) is 51.9. The fourth-order valence-electron chi connectivity index (χ4n) is 7.38. The van der Waals surface area contributed by atoms with Gasteiger partial charge < -0.3 is 14.2 Å². The van der Waals surface area contributed by atoms with Crippen molar-refractivity contribution in [3.8, 4) is 0 Å². The van der Waals surface area contributed by atoms with E-state index in [9.17, 15) is 14.4 Å². The van der Waals surface area contributed by atoms with Crippen molar-refractivity contribution < 1.29 is 28.6 Å². The molecule has 0 aromatic carbocycles. The fraction of sp³-hybridized carbons (Fsp3) is 0.689. The minimum Gasteiger partial charge on any atom is -0.462 e. The van der Waals surface area contributed by atoms with Crippen molar-refractivity contribution in [1.82, 2.24) is 0 Å². The molecule has 0 aromatic rings. The summed E-state index contributed by atoms with van der Waals surface area (Å²) in [6.07, 6.45) is 72.5. The minimum atomic E-state index is -0.818. The number of hydrogen-bond donors (Lipinski definition) is 0. The van der Waals surface area contributed by atoms with Crippen LogP contribution in [-0.4, -0.2) is 37.2 Å². The lowest BCUT2D eigenvalue weighted by atomic mass is 10.1. The van der Waals surface area contributed by atoms with E-state index in [1.54, 1.807) is 0 Å². The normalized spacial score (nSPS) is 12.8. The maximum atomic E-state index is 12.8. The molecule has 0 spiro atoms. The van der Waals surface area contributed by atoms with Gasteiger partial charge in [0.25, 0.3) is 0 Å². The van der Waals surface area contributed by atoms with Crippen LogP contribution in [0.3, 0.4) is 0 Å². The van der Waals surface area contributed by atoms with Crippen LogP contribution in [0.2, 0.25) is 0 Å². The number of hydrogen-bond acceptors (Lipinski definition) is 6. The Bertz CT molecular complexity index is 1350. The van der Waals surface area contributed by atoms with E-state index in [0.29, 0.717) is 19.3 Å². The molecule has 0 amide bonds. The molecule has 0 aliphatic rings. The van der Waals surface area contributed by atoms with Crippen LogP contribution >= 0.6 is 0 Å². The number of esters is 3. The lowest BCUT2D eigenvalue weighted by molar-refractivity contribution is -0.167. The predicted molar refractivity (Wildman–Crippen MR) is 288 cm³/mol. The first kappa shape index (κ1) is 63.3. The second-order valence-electron chi connectivity index (χ2n) is 18.1. The van der Waals surface area contributed by atoms with Gasteiger partial charge in [-0.15, -0.1) is 0 Å². The van der Waals surface area contributed by atoms with Gasteiger partial charge in [-0.05, 0) is 116 Å². The number of allylic oxidation sites excluding steroid dienone is 16. The molecule has 0 aliphatic heterocycles. The number of ether oxygens (including phenoxy) is 3. The Morgan fingerprint density at radius 1 is 0.313 bits per heavy atom. The molecule has 0 saturated heterocycles. The zero-order valence-corrected chi connectivity index (χ0v) is 43.6. The molecule has 1 atom stereocenters. The third kappa shape index (κ3) is 53.2. The molecule has 67 heavy (non-hydrogen) atoms. The first-order valence-corrected chi connectivity index (χ1v) is 27.7. The maximum Gasteiger partial charge on any atom is 0.306 e. The summed E-state index contributed by atoms with van der Waals surface area (Å²) in [5.41, 5.74) is 0. The quantitative estimate of drug-likeness (QED) is 0.0262. The molecule has 0 N–H and O–H groups in total. The lowest BCUT2D eigenvalue weighted by Gasteiger charge is -2.18. The summed E-state index contributed by atoms with van der Waals surface area (Å²) in [5, 5.41) is 0. The molecule has 6 nitrogen and oxygen atoms in total. The van der Waals surface area contributed by atoms with Crippen LogP contribution in [0.4, 0.5) is 0 Å². The molecule has 0 bridgehead atoms. The highest BCUT2D eigenvalue weighted by Gasteiger charge is 2.19. The van der Waals surface area contributed by atoms with Crippen molar-refractivity contribution in [3.05, 3.63) is 97.2 Å². The molecular weight excluding hydrogens is 829 g/mol. The maximum absolute atomic E-state index is 12.8. The monoisotopic (exact) mass is 931 g/mol. The molecule has 0 aromatic heterocycles. The molecule has 0 radical (unpaired) electrons. The molecule has 382 valence electrons. The van der Waals surface area contributed by atoms with Crippen molar-refractivity contribution in [2.75, 3.05) is 13.2 Å². The van der Waals surface area contributed by atoms with Crippen LogP contribution in [0, 0.1) is 0 Å². The predicted octanol–water partition coefficient (Wildman–Crippen LogP) is 18.5. The molecule has 0 aliphatic carbocycles. The Hall–Kier alpha value is -3.67. The van der Waals surface area contributed by atoms with E-state index in [1.807, 2.05) is 0 Å². The van der Waals surface area contributed by atoms with Crippen LogP contribution in [-0.2, 0) is 28.6 Å². The van der Waals surface area contributed by atoms with E-state index in [1.165, 1.54) is 96.3 Å². The van der Waals surface area contributed by atoms with Gasteiger partial charge in [-0.25, -0.2) is 0 Å². The highest BCUT2D eigenvalue weighted by atomic mass is 16.6. The van der Waals surface area contributed by atoms with Crippen molar-refractivity contribution in [1.29, 1.82) is 0 Å². The van der Waals surface area contributed by atoms with Crippen molar-refractivity contribution in [2.24, 2.45) is 0 Å². The molecule has 0 unspecified atom stereocenters. The first-order valence-electron chi connectivity index (χ1n) is 27.7. The smallest absolute Gasteiger partial charge is 0.306 e. The van der Waals surface area contributed by atoms with Gasteiger partial charge >= 0.3 is 17.9 Å².